The lowest BCUT2D eigenvalue weighted by molar-refractivity contribution is -0.382. The van der Waals surface area contributed by atoms with Crippen LogP contribution in [0.1, 0.15) is 25.7 Å². The van der Waals surface area contributed by atoms with Crippen LogP contribution in [0.2, 0.25) is 0 Å². The van der Waals surface area contributed by atoms with Crippen molar-refractivity contribution in [1.29, 1.82) is 0 Å². The Morgan fingerprint density at radius 3 is 3.10 bits per heavy atom. The van der Waals surface area contributed by atoms with Crippen LogP contribution in [-0.4, -0.2) is 27.5 Å². The fourth-order valence-corrected chi connectivity index (χ4v) is 4.43. The lowest BCUT2D eigenvalue weighted by Crippen LogP contribution is -2.28. The smallest absolute Gasteiger partial charge is 0.319 e. The second-order valence-electron chi connectivity index (χ2n) is 5.28. The molecule has 0 aliphatic heterocycles. The normalized spacial score (nSPS) is 22.3. The Hall–Kier alpha value is -1.34. The molecule has 3 rings (SSSR count). The third-order valence-corrected chi connectivity index (χ3v) is 5.87. The Morgan fingerprint density at radius 1 is 1.48 bits per heavy atom. The van der Waals surface area contributed by atoms with Crippen LogP contribution < -0.4 is 5.32 Å². The molecule has 1 N–H and O–H groups in total. The number of aromatic nitrogens is 1. The Kier molecular flexibility index (Phi) is 4.30. The third-order valence-electron chi connectivity index (χ3n) is 3.98. The predicted octanol–water partition coefficient (Wildman–Crippen LogP) is 4.29. The van der Waals surface area contributed by atoms with E-state index >= 15 is 0 Å². The summed E-state index contributed by atoms with van der Waals surface area (Å²) >= 11 is 3.32. The maximum Gasteiger partial charge on any atom is 0.319 e. The van der Waals surface area contributed by atoms with E-state index in [0.717, 1.165) is 17.5 Å². The molecule has 1 heterocycles. The number of nitro benzene ring substituents is 1. The molecule has 0 radical (unpaired) electrons. The van der Waals surface area contributed by atoms with Gasteiger partial charge in [-0.15, -0.1) is 11.3 Å². The van der Waals surface area contributed by atoms with Gasteiger partial charge < -0.3 is 5.32 Å². The van der Waals surface area contributed by atoms with Crippen molar-refractivity contribution in [3.63, 3.8) is 0 Å². The molecule has 0 bridgehead atoms. The number of thioether (sulfide) groups is 1. The van der Waals surface area contributed by atoms with Crippen LogP contribution in [0.4, 0.5) is 11.4 Å². The number of thiazole rings is 1. The van der Waals surface area contributed by atoms with Crippen LogP contribution in [0.15, 0.2) is 17.6 Å². The molecule has 5 nitrogen and oxygen atoms in total. The van der Waals surface area contributed by atoms with Gasteiger partial charge in [-0.3, -0.25) is 10.1 Å². The van der Waals surface area contributed by atoms with E-state index in [0.29, 0.717) is 22.5 Å². The van der Waals surface area contributed by atoms with Crippen molar-refractivity contribution in [2.45, 2.75) is 37.0 Å². The van der Waals surface area contributed by atoms with Gasteiger partial charge in [0.05, 0.1) is 15.1 Å². The highest BCUT2D eigenvalue weighted by atomic mass is 32.2. The number of hydrogen-bond acceptors (Lipinski definition) is 6. The van der Waals surface area contributed by atoms with Gasteiger partial charge in [-0.05, 0) is 37.7 Å². The summed E-state index contributed by atoms with van der Waals surface area (Å²) in [5.74, 6) is 0. The minimum atomic E-state index is -0.320. The van der Waals surface area contributed by atoms with Crippen LogP contribution in [0.25, 0.3) is 10.2 Å². The van der Waals surface area contributed by atoms with E-state index < -0.39 is 0 Å². The first-order valence-corrected chi connectivity index (χ1v) is 9.15. The summed E-state index contributed by atoms with van der Waals surface area (Å²) in [6.07, 6.45) is 6.69. The second kappa shape index (κ2) is 6.19. The van der Waals surface area contributed by atoms with Crippen LogP contribution in [0, 0.1) is 10.1 Å². The monoisotopic (exact) mass is 323 g/mol. The molecule has 21 heavy (non-hydrogen) atoms. The van der Waals surface area contributed by atoms with Gasteiger partial charge >= 0.3 is 5.69 Å². The minimum Gasteiger partial charge on any atom is -0.377 e. The molecule has 7 heteroatoms. The van der Waals surface area contributed by atoms with Gasteiger partial charge in [0, 0.05) is 11.3 Å². The molecule has 2 unspecified atom stereocenters. The molecular weight excluding hydrogens is 306 g/mol. The van der Waals surface area contributed by atoms with Gasteiger partial charge in [-0.1, -0.05) is 6.42 Å². The number of nitro groups is 1. The number of anilines is 1. The van der Waals surface area contributed by atoms with Gasteiger partial charge in [0.1, 0.15) is 5.69 Å². The SMILES string of the molecule is CSC1CCCC(Nc2ccc3scnc3c2[N+](=O)[O-])C1. The van der Waals surface area contributed by atoms with Crippen molar-refractivity contribution in [3.8, 4) is 0 Å². The highest BCUT2D eigenvalue weighted by molar-refractivity contribution is 7.99. The van der Waals surface area contributed by atoms with E-state index in [2.05, 4.69) is 16.6 Å². The Balaban J connectivity index is 1.89. The highest BCUT2D eigenvalue weighted by Crippen LogP contribution is 2.36. The van der Waals surface area contributed by atoms with Crippen LogP contribution in [-0.2, 0) is 0 Å². The van der Waals surface area contributed by atoms with Crippen molar-refractivity contribution >= 4 is 44.7 Å². The summed E-state index contributed by atoms with van der Waals surface area (Å²) in [5.41, 5.74) is 2.86. The molecule has 2 aromatic rings. The summed E-state index contributed by atoms with van der Waals surface area (Å²) < 4.78 is 0.859. The molecule has 0 saturated heterocycles. The zero-order chi connectivity index (χ0) is 14.8. The predicted molar refractivity (Wildman–Crippen MR) is 89.5 cm³/mol. The van der Waals surface area contributed by atoms with E-state index in [-0.39, 0.29) is 10.6 Å². The molecule has 1 fully saturated rings. The quantitative estimate of drug-likeness (QED) is 0.671. The summed E-state index contributed by atoms with van der Waals surface area (Å²) in [6.45, 7) is 0. The summed E-state index contributed by atoms with van der Waals surface area (Å²) in [4.78, 5) is 15.3. The molecular formula is C14H17N3O2S2. The molecule has 1 aromatic heterocycles. The van der Waals surface area contributed by atoms with Crippen LogP contribution >= 0.6 is 23.1 Å². The van der Waals surface area contributed by atoms with Gasteiger partial charge in [-0.25, -0.2) is 4.98 Å². The van der Waals surface area contributed by atoms with Gasteiger partial charge in [0.25, 0.3) is 0 Å². The lowest BCUT2D eigenvalue weighted by Gasteiger charge is -2.29. The molecule has 0 amide bonds. The van der Waals surface area contributed by atoms with Crippen molar-refractivity contribution in [2.24, 2.45) is 0 Å². The van der Waals surface area contributed by atoms with E-state index in [4.69, 9.17) is 0 Å². The number of nitrogens with zero attached hydrogens (tertiary/aromatic N) is 2. The van der Waals surface area contributed by atoms with Crippen molar-refractivity contribution < 1.29 is 4.92 Å². The first-order chi connectivity index (χ1) is 10.2. The number of hydrogen-bond donors (Lipinski definition) is 1. The number of rotatable bonds is 4. The van der Waals surface area contributed by atoms with Crippen LogP contribution in [0.5, 0.6) is 0 Å². The fourth-order valence-electron chi connectivity index (χ4n) is 2.93. The average Bonchev–Trinajstić information content (AvgIpc) is 2.95. The molecule has 0 spiro atoms. The second-order valence-corrected chi connectivity index (χ2v) is 7.31. The van der Waals surface area contributed by atoms with Gasteiger partial charge in [0.2, 0.25) is 0 Å². The lowest BCUT2D eigenvalue weighted by atomic mass is 9.94. The van der Waals surface area contributed by atoms with E-state index in [1.165, 1.54) is 24.2 Å². The summed E-state index contributed by atoms with van der Waals surface area (Å²) in [6, 6.07) is 4.05. The Bertz CT molecular complexity index is 659. The van der Waals surface area contributed by atoms with E-state index in [1.54, 1.807) is 5.51 Å². The standard InChI is InChI=1S/C14H17N3O2S2/c1-20-10-4-2-3-9(7-10)16-11-5-6-12-13(15-8-21-12)14(11)17(18)19/h5-6,8-10,16H,2-4,7H2,1H3. The molecule has 1 saturated carbocycles. The maximum atomic E-state index is 11.4. The van der Waals surface area contributed by atoms with Crippen molar-refractivity contribution in [1.82, 2.24) is 4.98 Å². The molecule has 1 aromatic carbocycles. The largest absolute Gasteiger partial charge is 0.377 e. The summed E-state index contributed by atoms with van der Waals surface area (Å²) in [7, 11) is 0. The molecule has 2 atom stereocenters. The zero-order valence-electron chi connectivity index (χ0n) is 11.7. The average molecular weight is 323 g/mol. The fraction of sp³-hybridized carbons (Fsp3) is 0.500. The number of nitrogens with one attached hydrogen (secondary N) is 1. The zero-order valence-corrected chi connectivity index (χ0v) is 13.4. The number of benzene rings is 1. The summed E-state index contributed by atoms with van der Waals surface area (Å²) in [5, 5.41) is 15.5. The van der Waals surface area contributed by atoms with Crippen molar-refractivity contribution in [3.05, 3.63) is 27.8 Å². The first-order valence-electron chi connectivity index (χ1n) is 6.99. The number of fused-ring (bicyclic) bond motifs is 1. The molecule has 1 aliphatic rings. The maximum absolute atomic E-state index is 11.4. The van der Waals surface area contributed by atoms with E-state index in [9.17, 15) is 10.1 Å². The first kappa shape index (κ1) is 14.6. The van der Waals surface area contributed by atoms with Crippen molar-refractivity contribution in [2.75, 3.05) is 11.6 Å². The molecule has 1 aliphatic carbocycles. The topological polar surface area (TPSA) is 68.1 Å². The Labute approximate surface area is 131 Å². The highest BCUT2D eigenvalue weighted by Gasteiger charge is 2.26. The Morgan fingerprint density at radius 2 is 2.33 bits per heavy atom. The molecule has 112 valence electrons. The van der Waals surface area contributed by atoms with Gasteiger partial charge in [-0.2, -0.15) is 11.8 Å². The minimum absolute atomic E-state index is 0.111. The third kappa shape index (κ3) is 2.98. The van der Waals surface area contributed by atoms with Gasteiger partial charge in [0.15, 0.2) is 5.52 Å². The van der Waals surface area contributed by atoms with Crippen LogP contribution in [0.3, 0.4) is 0 Å². The van der Waals surface area contributed by atoms with E-state index in [1.807, 2.05) is 23.9 Å².